The Balaban J connectivity index is 1.62. The van der Waals surface area contributed by atoms with Gasteiger partial charge in [0.25, 0.3) is 5.91 Å². The van der Waals surface area contributed by atoms with E-state index in [2.05, 4.69) is 21.2 Å². The van der Waals surface area contributed by atoms with Crippen molar-refractivity contribution in [3.05, 3.63) is 99.0 Å². The molecular formula is C30H32BrClN2O3. The average Bonchev–Trinajstić information content (AvgIpc) is 3.39. The summed E-state index contributed by atoms with van der Waals surface area (Å²) in [6.07, 6.45) is 4.58. The minimum absolute atomic E-state index is 0.126. The quantitative estimate of drug-likeness (QED) is 0.297. The van der Waals surface area contributed by atoms with Crippen LogP contribution >= 0.6 is 27.5 Å². The standard InChI is InChI=1S/C30H32BrClN2O3/c1-21-8-7-11-23(16-21)19-34(29(35)20-37-28-15-14-24(31)18-26(28)32)27(17-22-9-3-2-4-10-22)30(36)33-25-12-5-6-13-25/h2-4,7-11,14-16,18,25,27H,5-6,12-13,17,19-20H2,1H3,(H,33,36)/t27-/m1/s1. The number of aryl methyl sites for hydroxylation is 1. The molecule has 3 aromatic rings. The molecule has 0 saturated heterocycles. The molecule has 0 unspecified atom stereocenters. The first-order valence-electron chi connectivity index (χ1n) is 12.7. The van der Waals surface area contributed by atoms with Crippen molar-refractivity contribution in [2.75, 3.05) is 6.61 Å². The second-order valence-electron chi connectivity index (χ2n) is 9.57. The van der Waals surface area contributed by atoms with Crippen molar-refractivity contribution < 1.29 is 14.3 Å². The summed E-state index contributed by atoms with van der Waals surface area (Å²) in [6, 6.07) is 22.6. The van der Waals surface area contributed by atoms with Gasteiger partial charge in [-0.15, -0.1) is 0 Å². The normalized spacial score (nSPS) is 14.2. The summed E-state index contributed by atoms with van der Waals surface area (Å²) < 4.78 is 6.66. The largest absolute Gasteiger partial charge is 0.482 e. The molecule has 1 atom stereocenters. The number of nitrogens with one attached hydrogen (secondary N) is 1. The summed E-state index contributed by atoms with van der Waals surface area (Å²) >= 11 is 9.70. The van der Waals surface area contributed by atoms with Crippen molar-refractivity contribution in [1.29, 1.82) is 0 Å². The summed E-state index contributed by atoms with van der Waals surface area (Å²) in [6.45, 7) is 2.09. The van der Waals surface area contributed by atoms with Crippen LogP contribution in [-0.2, 0) is 22.6 Å². The van der Waals surface area contributed by atoms with Gasteiger partial charge in [-0.2, -0.15) is 0 Å². The molecule has 0 aliphatic heterocycles. The molecule has 37 heavy (non-hydrogen) atoms. The van der Waals surface area contributed by atoms with E-state index in [0.717, 1.165) is 46.8 Å². The summed E-state index contributed by atoms with van der Waals surface area (Å²) in [5.74, 6) is 0.0187. The fraction of sp³-hybridized carbons (Fsp3) is 0.333. The van der Waals surface area contributed by atoms with Gasteiger partial charge < -0.3 is 15.0 Å². The maximum atomic E-state index is 13.7. The zero-order valence-corrected chi connectivity index (χ0v) is 23.3. The molecule has 5 nitrogen and oxygen atoms in total. The lowest BCUT2D eigenvalue weighted by Crippen LogP contribution is -2.53. The van der Waals surface area contributed by atoms with E-state index in [1.54, 1.807) is 17.0 Å². The molecule has 3 aromatic carbocycles. The summed E-state index contributed by atoms with van der Waals surface area (Å²) in [7, 11) is 0. The number of hydrogen-bond donors (Lipinski definition) is 1. The molecule has 1 fully saturated rings. The first kappa shape index (κ1) is 27.2. The summed E-state index contributed by atoms with van der Waals surface area (Å²) in [5, 5.41) is 3.63. The van der Waals surface area contributed by atoms with Gasteiger partial charge in [-0.1, -0.05) is 101 Å². The van der Waals surface area contributed by atoms with Crippen LogP contribution in [-0.4, -0.2) is 35.4 Å². The highest BCUT2D eigenvalue weighted by Crippen LogP contribution is 2.28. The van der Waals surface area contributed by atoms with Crippen molar-refractivity contribution in [2.45, 2.75) is 57.7 Å². The Hall–Kier alpha value is -2.83. The zero-order valence-electron chi connectivity index (χ0n) is 21.0. The summed E-state index contributed by atoms with van der Waals surface area (Å²) in [4.78, 5) is 29.1. The van der Waals surface area contributed by atoms with Crippen molar-refractivity contribution in [3.63, 3.8) is 0 Å². The Kier molecular flexibility index (Phi) is 9.64. The van der Waals surface area contributed by atoms with Crippen LogP contribution in [0.15, 0.2) is 77.3 Å². The molecule has 0 aromatic heterocycles. The molecule has 4 rings (SSSR count). The molecule has 0 spiro atoms. The number of halogens is 2. The van der Waals surface area contributed by atoms with Crippen molar-refractivity contribution in [1.82, 2.24) is 10.2 Å². The van der Waals surface area contributed by atoms with Gasteiger partial charge in [0.2, 0.25) is 5.91 Å². The van der Waals surface area contributed by atoms with Crippen molar-refractivity contribution in [3.8, 4) is 5.75 Å². The molecule has 7 heteroatoms. The van der Waals surface area contributed by atoms with E-state index >= 15 is 0 Å². The Bertz CT molecular complexity index is 1210. The number of ether oxygens (including phenoxy) is 1. The smallest absolute Gasteiger partial charge is 0.261 e. The number of amides is 2. The number of carbonyl (C=O) groups excluding carboxylic acids is 2. The van der Waals surface area contributed by atoms with E-state index < -0.39 is 6.04 Å². The molecule has 1 saturated carbocycles. The fourth-order valence-corrected chi connectivity index (χ4v) is 5.47. The number of hydrogen-bond acceptors (Lipinski definition) is 3. The van der Waals surface area contributed by atoms with Crippen LogP contribution in [0.3, 0.4) is 0 Å². The fourth-order valence-electron chi connectivity index (χ4n) is 4.74. The zero-order chi connectivity index (χ0) is 26.2. The molecular weight excluding hydrogens is 552 g/mol. The van der Waals surface area contributed by atoms with E-state index in [0.29, 0.717) is 23.7 Å². The van der Waals surface area contributed by atoms with Crippen LogP contribution in [0, 0.1) is 6.92 Å². The molecule has 1 N–H and O–H groups in total. The lowest BCUT2D eigenvalue weighted by Gasteiger charge is -2.32. The lowest BCUT2D eigenvalue weighted by atomic mass is 10.0. The monoisotopic (exact) mass is 582 g/mol. The second kappa shape index (κ2) is 13.1. The molecule has 2 amide bonds. The van der Waals surface area contributed by atoms with Gasteiger partial charge in [-0.05, 0) is 49.1 Å². The van der Waals surface area contributed by atoms with E-state index in [-0.39, 0.29) is 24.5 Å². The van der Waals surface area contributed by atoms with Gasteiger partial charge >= 0.3 is 0 Å². The maximum absolute atomic E-state index is 13.7. The van der Waals surface area contributed by atoms with E-state index in [1.807, 2.05) is 67.6 Å². The third kappa shape index (κ3) is 7.83. The van der Waals surface area contributed by atoms with Crippen molar-refractivity contribution in [2.24, 2.45) is 0 Å². The van der Waals surface area contributed by atoms with E-state index in [4.69, 9.17) is 16.3 Å². The van der Waals surface area contributed by atoms with Crippen molar-refractivity contribution >= 4 is 39.3 Å². The van der Waals surface area contributed by atoms with Crippen LogP contribution in [0.4, 0.5) is 0 Å². The van der Waals surface area contributed by atoms with E-state index in [9.17, 15) is 9.59 Å². The average molecular weight is 584 g/mol. The van der Waals surface area contributed by atoms with Crippen LogP contribution in [0.1, 0.15) is 42.4 Å². The van der Waals surface area contributed by atoms with Crippen LogP contribution < -0.4 is 10.1 Å². The molecule has 0 bridgehead atoms. The summed E-state index contributed by atoms with van der Waals surface area (Å²) in [5.41, 5.74) is 3.05. The first-order valence-corrected chi connectivity index (χ1v) is 13.8. The Morgan fingerprint density at radius 1 is 1.03 bits per heavy atom. The minimum Gasteiger partial charge on any atom is -0.482 e. The lowest BCUT2D eigenvalue weighted by molar-refractivity contribution is -0.143. The SMILES string of the molecule is Cc1cccc(CN(C(=O)COc2ccc(Br)cc2Cl)[C@H](Cc2ccccc2)C(=O)NC2CCCC2)c1. The Labute approximate surface area is 232 Å². The topological polar surface area (TPSA) is 58.6 Å². The highest BCUT2D eigenvalue weighted by Gasteiger charge is 2.32. The highest BCUT2D eigenvalue weighted by atomic mass is 79.9. The number of rotatable bonds is 10. The Morgan fingerprint density at radius 2 is 1.76 bits per heavy atom. The van der Waals surface area contributed by atoms with Gasteiger partial charge in [0.1, 0.15) is 11.8 Å². The second-order valence-corrected chi connectivity index (χ2v) is 10.9. The van der Waals surface area contributed by atoms with Crippen LogP contribution in [0.5, 0.6) is 5.75 Å². The van der Waals surface area contributed by atoms with Gasteiger partial charge in [0, 0.05) is 23.5 Å². The number of benzene rings is 3. The van der Waals surface area contributed by atoms with Gasteiger partial charge in [-0.3, -0.25) is 9.59 Å². The highest BCUT2D eigenvalue weighted by molar-refractivity contribution is 9.10. The third-order valence-electron chi connectivity index (χ3n) is 6.65. The number of carbonyl (C=O) groups is 2. The van der Waals surface area contributed by atoms with Crippen LogP contribution in [0.2, 0.25) is 5.02 Å². The molecule has 194 valence electrons. The number of nitrogens with zero attached hydrogens (tertiary/aromatic N) is 1. The van der Waals surface area contributed by atoms with E-state index in [1.165, 1.54) is 0 Å². The molecule has 1 aliphatic rings. The van der Waals surface area contributed by atoms with Crippen LogP contribution in [0.25, 0.3) is 0 Å². The van der Waals surface area contributed by atoms with Gasteiger partial charge in [-0.25, -0.2) is 0 Å². The van der Waals surface area contributed by atoms with Gasteiger partial charge in [0.05, 0.1) is 5.02 Å². The third-order valence-corrected chi connectivity index (χ3v) is 7.44. The molecule has 0 heterocycles. The maximum Gasteiger partial charge on any atom is 0.261 e. The predicted octanol–water partition coefficient (Wildman–Crippen LogP) is 6.49. The molecule has 0 radical (unpaired) electrons. The Morgan fingerprint density at radius 3 is 2.46 bits per heavy atom. The predicted molar refractivity (Wildman–Crippen MR) is 151 cm³/mol. The first-order chi connectivity index (χ1) is 17.9. The van der Waals surface area contributed by atoms with Gasteiger partial charge in [0.15, 0.2) is 6.61 Å². The molecule has 1 aliphatic carbocycles. The minimum atomic E-state index is -0.681.